The molecule has 2 heteroatoms. The molecule has 276 valence electrons. The van der Waals surface area contributed by atoms with Gasteiger partial charge in [-0.15, -0.1) is 0 Å². The van der Waals surface area contributed by atoms with Crippen LogP contribution in [0.5, 0.6) is 0 Å². The van der Waals surface area contributed by atoms with Gasteiger partial charge in [0.05, 0.1) is 5.41 Å². The highest BCUT2D eigenvalue weighted by Gasteiger charge is 2.45. The van der Waals surface area contributed by atoms with Gasteiger partial charge in [0.25, 0.3) is 0 Å². The van der Waals surface area contributed by atoms with Gasteiger partial charge >= 0.3 is 0 Å². The second kappa shape index (κ2) is 13.5. The monoisotopic (exact) mass is 743 g/mol. The van der Waals surface area contributed by atoms with Crippen molar-refractivity contribution >= 4 is 44.6 Å². The molecule has 2 aliphatic rings. The van der Waals surface area contributed by atoms with E-state index in [4.69, 9.17) is 4.42 Å². The highest BCUT2D eigenvalue weighted by molar-refractivity contribution is 6.06. The Morgan fingerprint density at radius 3 is 1.69 bits per heavy atom. The molecule has 0 saturated heterocycles. The minimum atomic E-state index is -0.454. The molecule has 0 fully saturated rings. The van der Waals surface area contributed by atoms with E-state index in [2.05, 4.69) is 218 Å². The lowest BCUT2D eigenvalue weighted by molar-refractivity contribution is 0.609. The van der Waals surface area contributed by atoms with Crippen molar-refractivity contribution in [2.45, 2.75) is 24.2 Å². The van der Waals surface area contributed by atoms with E-state index in [9.17, 15) is 0 Å². The summed E-state index contributed by atoms with van der Waals surface area (Å²) in [6, 6.07) is 73.0. The van der Waals surface area contributed by atoms with E-state index in [1.54, 1.807) is 0 Å². The maximum Gasteiger partial charge on any atom is 0.135 e. The number of furan rings is 1. The van der Waals surface area contributed by atoms with Crippen molar-refractivity contribution in [1.82, 2.24) is 0 Å². The highest BCUT2D eigenvalue weighted by atomic mass is 16.3. The van der Waals surface area contributed by atoms with Crippen LogP contribution in [0.15, 0.2) is 223 Å². The van der Waals surface area contributed by atoms with Crippen LogP contribution in [0.3, 0.4) is 0 Å². The number of nitrogens with zero attached hydrogens (tertiary/aromatic N) is 1. The van der Waals surface area contributed by atoms with E-state index in [1.165, 1.54) is 50.1 Å². The fourth-order valence-electron chi connectivity index (χ4n) is 9.80. The Morgan fingerprint density at radius 2 is 1.00 bits per heavy atom. The Labute approximate surface area is 339 Å². The normalized spacial score (nSPS) is 16.5. The van der Waals surface area contributed by atoms with Gasteiger partial charge in [0.15, 0.2) is 0 Å². The molecule has 1 unspecified atom stereocenters. The highest BCUT2D eigenvalue weighted by Crippen LogP contribution is 2.56. The van der Waals surface area contributed by atoms with Gasteiger partial charge in [-0.1, -0.05) is 177 Å². The van der Waals surface area contributed by atoms with Gasteiger partial charge < -0.3 is 9.32 Å². The Morgan fingerprint density at radius 1 is 0.466 bits per heavy atom. The molecule has 1 aromatic heterocycles. The SMILES string of the molecule is CC1(c2ccc(N(c3ccc(C4(c5ccccc5)c5ccccc5-c5ccccc54)cc3)c3ccc4oc5ccccc5c4c3)cc2)C=CC=C(c2ccccc2)C1. The molecule has 2 nitrogen and oxygen atoms in total. The number of hydrogen-bond donors (Lipinski definition) is 0. The zero-order valence-corrected chi connectivity index (χ0v) is 32.3. The second-order valence-electron chi connectivity index (χ2n) is 15.9. The van der Waals surface area contributed by atoms with E-state index < -0.39 is 5.41 Å². The van der Waals surface area contributed by atoms with Crippen molar-refractivity contribution in [3.05, 3.63) is 252 Å². The Kier molecular flexibility index (Phi) is 7.94. The van der Waals surface area contributed by atoms with Crippen LogP contribution < -0.4 is 4.90 Å². The number of rotatable bonds is 7. The van der Waals surface area contributed by atoms with Gasteiger partial charge in [0, 0.05) is 33.2 Å². The van der Waals surface area contributed by atoms with Crippen molar-refractivity contribution in [2.75, 3.05) is 4.90 Å². The van der Waals surface area contributed by atoms with Gasteiger partial charge in [-0.2, -0.15) is 0 Å². The molecular formula is C56H41NO. The van der Waals surface area contributed by atoms with Crippen LogP contribution in [0.4, 0.5) is 17.1 Å². The van der Waals surface area contributed by atoms with Crippen LogP contribution in [0.2, 0.25) is 0 Å². The zero-order valence-electron chi connectivity index (χ0n) is 32.3. The maximum atomic E-state index is 6.29. The minimum Gasteiger partial charge on any atom is -0.456 e. The topological polar surface area (TPSA) is 16.4 Å². The molecule has 0 saturated carbocycles. The summed E-state index contributed by atoms with van der Waals surface area (Å²) in [5.74, 6) is 0. The predicted octanol–water partition coefficient (Wildman–Crippen LogP) is 14.7. The quantitative estimate of drug-likeness (QED) is 0.162. The summed E-state index contributed by atoms with van der Waals surface area (Å²) >= 11 is 0. The van der Waals surface area contributed by atoms with Crippen molar-refractivity contribution in [2.24, 2.45) is 0 Å². The van der Waals surface area contributed by atoms with E-state index >= 15 is 0 Å². The molecule has 0 radical (unpaired) electrons. The summed E-state index contributed by atoms with van der Waals surface area (Å²) in [6.45, 7) is 2.35. The number of para-hydroxylation sites is 1. The summed E-state index contributed by atoms with van der Waals surface area (Å²) in [5, 5.41) is 2.22. The second-order valence-corrected chi connectivity index (χ2v) is 15.9. The van der Waals surface area contributed by atoms with Crippen LogP contribution >= 0.6 is 0 Å². The fraction of sp³-hybridized carbons (Fsp3) is 0.0714. The standard InChI is InChI=1S/C56H41NO/c1-55(36-14-17-40(38-55)39-15-4-2-5-16-39)41-26-30-44(31-27-41)57(46-34-35-54-50(37-46)49-22-10-13-25-53(49)58-54)45-32-28-43(29-33-45)56(42-18-6-3-7-19-42)51-23-11-8-20-47(51)48-21-9-12-24-52(48)56/h2-37H,38H2,1H3. The molecule has 0 bridgehead atoms. The smallest absolute Gasteiger partial charge is 0.135 e. The fourth-order valence-corrected chi connectivity index (χ4v) is 9.80. The summed E-state index contributed by atoms with van der Waals surface area (Å²) in [5.41, 5.74) is 16.1. The van der Waals surface area contributed by atoms with Crippen molar-refractivity contribution in [1.29, 1.82) is 0 Å². The third kappa shape index (κ3) is 5.33. The van der Waals surface area contributed by atoms with Crippen molar-refractivity contribution < 1.29 is 4.42 Å². The number of hydrogen-bond acceptors (Lipinski definition) is 2. The third-order valence-electron chi connectivity index (χ3n) is 12.6. The molecule has 0 aliphatic heterocycles. The first-order valence-electron chi connectivity index (χ1n) is 20.2. The molecule has 9 aromatic rings. The average molecular weight is 744 g/mol. The average Bonchev–Trinajstić information content (AvgIpc) is 3.81. The lowest BCUT2D eigenvalue weighted by atomic mass is 9.68. The van der Waals surface area contributed by atoms with Crippen LogP contribution in [0.1, 0.15) is 46.7 Å². The van der Waals surface area contributed by atoms with Gasteiger partial charge in [-0.25, -0.2) is 0 Å². The molecule has 1 heterocycles. The lowest BCUT2D eigenvalue weighted by Gasteiger charge is -2.34. The summed E-state index contributed by atoms with van der Waals surface area (Å²) in [6.07, 6.45) is 7.78. The molecular weight excluding hydrogens is 703 g/mol. The lowest BCUT2D eigenvalue weighted by Crippen LogP contribution is -2.28. The number of benzene rings is 8. The number of allylic oxidation sites excluding steroid dienone is 4. The molecule has 58 heavy (non-hydrogen) atoms. The minimum absolute atomic E-state index is 0.126. The summed E-state index contributed by atoms with van der Waals surface area (Å²) in [7, 11) is 0. The first kappa shape index (κ1) is 34.1. The van der Waals surface area contributed by atoms with Crippen molar-refractivity contribution in [3.8, 4) is 11.1 Å². The van der Waals surface area contributed by atoms with Gasteiger partial charge in [0.2, 0.25) is 0 Å². The van der Waals surface area contributed by atoms with E-state index in [0.717, 1.165) is 45.4 Å². The third-order valence-corrected chi connectivity index (χ3v) is 12.6. The largest absolute Gasteiger partial charge is 0.456 e. The molecule has 11 rings (SSSR count). The first-order chi connectivity index (χ1) is 28.6. The van der Waals surface area contributed by atoms with Crippen LogP contribution in [0, 0.1) is 0 Å². The van der Waals surface area contributed by atoms with Crippen LogP contribution in [0.25, 0.3) is 38.6 Å². The first-order valence-corrected chi connectivity index (χ1v) is 20.2. The number of anilines is 3. The Bertz CT molecular complexity index is 2980. The summed E-state index contributed by atoms with van der Waals surface area (Å²) < 4.78 is 6.29. The van der Waals surface area contributed by atoms with Gasteiger partial charge in [0.1, 0.15) is 11.2 Å². The Balaban J connectivity index is 1.04. The molecule has 0 spiro atoms. The van der Waals surface area contributed by atoms with Gasteiger partial charge in [-0.3, -0.25) is 0 Å². The van der Waals surface area contributed by atoms with Crippen molar-refractivity contribution in [3.63, 3.8) is 0 Å². The molecule has 0 amide bonds. The summed E-state index contributed by atoms with van der Waals surface area (Å²) in [4.78, 5) is 2.38. The van der Waals surface area contributed by atoms with E-state index in [-0.39, 0.29) is 5.41 Å². The molecule has 1 atom stereocenters. The van der Waals surface area contributed by atoms with E-state index in [1.807, 2.05) is 12.1 Å². The van der Waals surface area contributed by atoms with E-state index in [0.29, 0.717) is 0 Å². The predicted molar refractivity (Wildman–Crippen MR) is 241 cm³/mol. The molecule has 2 aliphatic carbocycles. The van der Waals surface area contributed by atoms with Gasteiger partial charge in [-0.05, 0) is 105 Å². The molecule has 8 aromatic carbocycles. The molecule has 0 N–H and O–H groups in total. The zero-order chi connectivity index (χ0) is 38.7. The Hall–Kier alpha value is -7.16. The van der Waals surface area contributed by atoms with Crippen LogP contribution in [-0.4, -0.2) is 0 Å². The maximum absolute atomic E-state index is 6.29. The number of fused-ring (bicyclic) bond motifs is 6. The van der Waals surface area contributed by atoms with Crippen LogP contribution in [-0.2, 0) is 10.8 Å².